The molecular weight excluding hydrogens is 338 g/mol. The lowest BCUT2D eigenvalue weighted by molar-refractivity contribution is -0.141. The van der Waals surface area contributed by atoms with Crippen LogP contribution in [0.2, 0.25) is 0 Å². The Morgan fingerprint density at radius 1 is 1.20 bits per heavy atom. The second-order valence-electron chi connectivity index (χ2n) is 6.07. The molecule has 0 unspecified atom stereocenters. The SMILES string of the molecule is CCCn1c(=NC(=O)CN2C(=O)CCC2=O)sc2cc(CC)ccc21. The average molecular weight is 359 g/mol. The van der Waals surface area contributed by atoms with Crippen molar-refractivity contribution in [1.82, 2.24) is 9.47 Å². The highest BCUT2D eigenvalue weighted by Gasteiger charge is 2.30. The maximum absolute atomic E-state index is 12.3. The van der Waals surface area contributed by atoms with Crippen LogP contribution in [0.4, 0.5) is 0 Å². The number of rotatable bonds is 5. The summed E-state index contributed by atoms with van der Waals surface area (Å²) < 4.78 is 3.12. The van der Waals surface area contributed by atoms with Crippen molar-refractivity contribution in [2.45, 2.75) is 46.1 Å². The zero-order valence-electron chi connectivity index (χ0n) is 14.4. The standard InChI is InChI=1S/C18H21N3O3S/c1-3-9-20-13-6-5-12(4-2)10-14(13)25-18(20)19-15(22)11-21-16(23)7-8-17(21)24/h5-6,10H,3-4,7-9,11H2,1-2H3. The molecule has 2 heterocycles. The van der Waals surface area contributed by atoms with E-state index >= 15 is 0 Å². The number of nitrogens with zero attached hydrogens (tertiary/aromatic N) is 3. The lowest BCUT2D eigenvalue weighted by Crippen LogP contribution is -2.34. The van der Waals surface area contributed by atoms with Crippen LogP contribution in [0.5, 0.6) is 0 Å². The van der Waals surface area contributed by atoms with E-state index in [2.05, 4.69) is 37.0 Å². The molecular formula is C18H21N3O3S. The largest absolute Gasteiger partial charge is 0.316 e. The van der Waals surface area contributed by atoms with Crippen LogP contribution in [-0.2, 0) is 27.3 Å². The molecule has 0 saturated carbocycles. The molecule has 0 N–H and O–H groups in total. The summed E-state index contributed by atoms with van der Waals surface area (Å²) >= 11 is 1.47. The van der Waals surface area contributed by atoms with Crippen LogP contribution in [0.1, 0.15) is 38.7 Å². The Labute approximate surface area is 149 Å². The number of imide groups is 1. The van der Waals surface area contributed by atoms with Gasteiger partial charge in [-0.2, -0.15) is 4.99 Å². The summed E-state index contributed by atoms with van der Waals surface area (Å²) in [7, 11) is 0. The van der Waals surface area contributed by atoms with E-state index < -0.39 is 5.91 Å². The molecule has 0 spiro atoms. The van der Waals surface area contributed by atoms with Gasteiger partial charge in [0.05, 0.1) is 10.2 Å². The predicted molar refractivity (Wildman–Crippen MR) is 96.0 cm³/mol. The van der Waals surface area contributed by atoms with E-state index in [4.69, 9.17) is 0 Å². The predicted octanol–water partition coefficient (Wildman–Crippen LogP) is 2.25. The molecule has 0 atom stereocenters. The third-order valence-corrected chi connectivity index (χ3v) is 5.31. The number of hydrogen-bond donors (Lipinski definition) is 0. The molecule has 1 aromatic carbocycles. The van der Waals surface area contributed by atoms with Gasteiger partial charge in [0, 0.05) is 19.4 Å². The summed E-state index contributed by atoms with van der Waals surface area (Å²) in [6.45, 7) is 4.68. The Morgan fingerprint density at radius 2 is 1.92 bits per heavy atom. The number of aromatic nitrogens is 1. The fourth-order valence-corrected chi connectivity index (χ4v) is 4.08. The Hall–Kier alpha value is -2.28. The molecule has 3 rings (SSSR count). The Kier molecular flexibility index (Phi) is 5.13. The van der Waals surface area contributed by atoms with Crippen molar-refractivity contribution < 1.29 is 14.4 Å². The molecule has 132 valence electrons. The molecule has 6 nitrogen and oxygen atoms in total. The molecule has 0 bridgehead atoms. The Balaban J connectivity index is 1.96. The van der Waals surface area contributed by atoms with Crippen LogP contribution < -0.4 is 4.80 Å². The summed E-state index contributed by atoms with van der Waals surface area (Å²) in [6, 6.07) is 6.29. The number of benzene rings is 1. The van der Waals surface area contributed by atoms with Crippen LogP contribution in [-0.4, -0.2) is 33.7 Å². The van der Waals surface area contributed by atoms with E-state index in [1.54, 1.807) is 0 Å². The van der Waals surface area contributed by atoms with Gasteiger partial charge in [0.1, 0.15) is 6.54 Å². The fraction of sp³-hybridized carbons (Fsp3) is 0.444. The lowest BCUT2D eigenvalue weighted by Gasteiger charge is -2.10. The van der Waals surface area contributed by atoms with Crippen molar-refractivity contribution in [2.75, 3.05) is 6.54 Å². The van der Waals surface area contributed by atoms with Crippen LogP contribution in [0.3, 0.4) is 0 Å². The smallest absolute Gasteiger partial charge is 0.268 e. The van der Waals surface area contributed by atoms with Crippen molar-refractivity contribution in [1.29, 1.82) is 0 Å². The number of thiazole rings is 1. The van der Waals surface area contributed by atoms with Gasteiger partial charge in [-0.15, -0.1) is 0 Å². The van der Waals surface area contributed by atoms with Gasteiger partial charge in [0.25, 0.3) is 5.91 Å². The lowest BCUT2D eigenvalue weighted by atomic mass is 10.2. The van der Waals surface area contributed by atoms with Crippen LogP contribution in [0.25, 0.3) is 10.2 Å². The molecule has 0 aliphatic carbocycles. The van der Waals surface area contributed by atoms with Crippen LogP contribution >= 0.6 is 11.3 Å². The highest BCUT2D eigenvalue weighted by molar-refractivity contribution is 7.16. The van der Waals surface area contributed by atoms with Crippen molar-refractivity contribution in [2.24, 2.45) is 4.99 Å². The van der Waals surface area contributed by atoms with E-state index in [0.717, 1.165) is 34.5 Å². The first-order valence-electron chi connectivity index (χ1n) is 8.56. The first-order valence-corrected chi connectivity index (χ1v) is 9.38. The van der Waals surface area contributed by atoms with Gasteiger partial charge in [-0.25, -0.2) is 0 Å². The molecule has 2 aromatic rings. The van der Waals surface area contributed by atoms with E-state index in [1.807, 2.05) is 4.57 Å². The van der Waals surface area contributed by atoms with Gasteiger partial charge in [0.15, 0.2) is 4.80 Å². The second-order valence-corrected chi connectivity index (χ2v) is 7.08. The zero-order chi connectivity index (χ0) is 18.0. The molecule has 25 heavy (non-hydrogen) atoms. The molecule has 3 amide bonds. The minimum absolute atomic E-state index is 0.185. The number of hydrogen-bond acceptors (Lipinski definition) is 4. The van der Waals surface area contributed by atoms with E-state index in [-0.39, 0.29) is 31.2 Å². The number of likely N-dealkylation sites (tertiary alicyclic amines) is 1. The number of aryl methyl sites for hydroxylation is 2. The Bertz CT molecular complexity index is 894. The van der Waals surface area contributed by atoms with Gasteiger partial charge in [-0.05, 0) is 30.5 Å². The first-order chi connectivity index (χ1) is 12.0. The minimum Gasteiger partial charge on any atom is -0.316 e. The van der Waals surface area contributed by atoms with E-state index in [0.29, 0.717) is 4.80 Å². The number of carbonyl (C=O) groups is 3. The van der Waals surface area contributed by atoms with Crippen molar-refractivity contribution in [3.63, 3.8) is 0 Å². The summed E-state index contributed by atoms with van der Waals surface area (Å²) in [5.41, 5.74) is 2.30. The van der Waals surface area contributed by atoms with Crippen molar-refractivity contribution >= 4 is 39.3 Å². The molecule has 1 aromatic heterocycles. The van der Waals surface area contributed by atoms with Crippen LogP contribution in [0.15, 0.2) is 23.2 Å². The normalized spacial score (nSPS) is 15.6. The summed E-state index contributed by atoms with van der Waals surface area (Å²) in [6.07, 6.45) is 2.24. The monoisotopic (exact) mass is 359 g/mol. The van der Waals surface area contributed by atoms with E-state index in [9.17, 15) is 14.4 Å². The highest BCUT2D eigenvalue weighted by Crippen LogP contribution is 2.20. The van der Waals surface area contributed by atoms with Gasteiger partial charge in [-0.3, -0.25) is 19.3 Å². The first kappa shape index (κ1) is 17.5. The van der Waals surface area contributed by atoms with Gasteiger partial charge < -0.3 is 4.57 Å². The van der Waals surface area contributed by atoms with Gasteiger partial charge in [-0.1, -0.05) is 31.3 Å². The third-order valence-electron chi connectivity index (χ3n) is 4.27. The van der Waals surface area contributed by atoms with Gasteiger partial charge >= 0.3 is 0 Å². The molecule has 1 saturated heterocycles. The molecule has 1 aliphatic rings. The topological polar surface area (TPSA) is 71.7 Å². The fourth-order valence-electron chi connectivity index (χ4n) is 2.94. The minimum atomic E-state index is -0.462. The maximum atomic E-state index is 12.3. The highest BCUT2D eigenvalue weighted by atomic mass is 32.1. The zero-order valence-corrected chi connectivity index (χ0v) is 15.3. The quantitative estimate of drug-likeness (QED) is 0.769. The third kappa shape index (κ3) is 3.56. The number of amides is 3. The molecule has 1 fully saturated rings. The van der Waals surface area contributed by atoms with Gasteiger partial charge in [0.2, 0.25) is 11.8 Å². The Morgan fingerprint density at radius 3 is 2.56 bits per heavy atom. The second kappa shape index (κ2) is 7.31. The van der Waals surface area contributed by atoms with Crippen molar-refractivity contribution in [3.05, 3.63) is 28.6 Å². The summed E-state index contributed by atoms with van der Waals surface area (Å²) in [4.78, 5) is 41.5. The van der Waals surface area contributed by atoms with Crippen LogP contribution in [0, 0.1) is 0 Å². The maximum Gasteiger partial charge on any atom is 0.268 e. The molecule has 0 radical (unpaired) electrons. The number of carbonyl (C=O) groups excluding carboxylic acids is 3. The summed E-state index contributed by atoms with van der Waals surface area (Å²) in [5.74, 6) is -1.05. The van der Waals surface area contributed by atoms with E-state index in [1.165, 1.54) is 16.9 Å². The molecule has 7 heteroatoms. The summed E-state index contributed by atoms with van der Waals surface area (Å²) in [5, 5.41) is 0. The average Bonchev–Trinajstić information content (AvgIpc) is 3.09. The molecule has 1 aliphatic heterocycles. The number of fused-ring (bicyclic) bond motifs is 1. The van der Waals surface area contributed by atoms with Crippen molar-refractivity contribution in [3.8, 4) is 0 Å².